The lowest BCUT2D eigenvalue weighted by Crippen LogP contribution is -1.93. The van der Waals surface area contributed by atoms with Gasteiger partial charge in [0.2, 0.25) is 0 Å². The van der Waals surface area contributed by atoms with Crippen molar-refractivity contribution >= 4 is 11.8 Å². The summed E-state index contributed by atoms with van der Waals surface area (Å²) in [4.78, 5) is 0. The lowest BCUT2D eigenvalue weighted by Gasteiger charge is -2.08. The minimum Gasteiger partial charge on any atom is -0.457 e. The Morgan fingerprint density at radius 1 is 1.15 bits per heavy atom. The average molecular weight is 190 g/mol. The summed E-state index contributed by atoms with van der Waals surface area (Å²) in [6, 6.07) is 9.82. The Balaban J connectivity index is 2.06. The van der Waals surface area contributed by atoms with Gasteiger partial charge in [0, 0.05) is 11.2 Å². The van der Waals surface area contributed by atoms with E-state index in [1.54, 1.807) is 11.8 Å². The number of para-hydroxylation sites is 1. The maximum atomic E-state index is 5.61. The standard InChI is InChI=1S/C11H10OS/c1-2-5-10(6-3-1)12-11-7-4-8-13-9-11/h1-7,9H,8H2. The Labute approximate surface area is 82.1 Å². The van der Waals surface area contributed by atoms with Crippen molar-refractivity contribution in [1.82, 2.24) is 0 Å². The quantitative estimate of drug-likeness (QED) is 0.708. The van der Waals surface area contributed by atoms with Crippen molar-refractivity contribution < 1.29 is 4.74 Å². The van der Waals surface area contributed by atoms with Crippen LogP contribution in [0.25, 0.3) is 0 Å². The van der Waals surface area contributed by atoms with Gasteiger partial charge >= 0.3 is 0 Å². The molecule has 66 valence electrons. The molecule has 13 heavy (non-hydrogen) atoms. The lowest BCUT2D eigenvalue weighted by molar-refractivity contribution is 0.445. The third kappa shape index (κ3) is 2.39. The maximum absolute atomic E-state index is 5.61. The maximum Gasteiger partial charge on any atom is 0.133 e. The van der Waals surface area contributed by atoms with Crippen LogP contribution in [-0.4, -0.2) is 5.75 Å². The van der Waals surface area contributed by atoms with Gasteiger partial charge < -0.3 is 4.74 Å². The van der Waals surface area contributed by atoms with E-state index in [1.165, 1.54) is 0 Å². The second kappa shape index (κ2) is 4.19. The lowest BCUT2D eigenvalue weighted by atomic mass is 10.3. The van der Waals surface area contributed by atoms with Crippen molar-refractivity contribution in [3.8, 4) is 5.75 Å². The highest BCUT2D eigenvalue weighted by Crippen LogP contribution is 2.19. The van der Waals surface area contributed by atoms with E-state index < -0.39 is 0 Å². The monoisotopic (exact) mass is 190 g/mol. The topological polar surface area (TPSA) is 9.23 Å². The molecule has 0 aliphatic carbocycles. The van der Waals surface area contributed by atoms with Crippen LogP contribution in [0.15, 0.2) is 53.7 Å². The van der Waals surface area contributed by atoms with Gasteiger partial charge in [-0.15, -0.1) is 11.8 Å². The van der Waals surface area contributed by atoms with E-state index in [0.717, 1.165) is 17.3 Å². The summed E-state index contributed by atoms with van der Waals surface area (Å²) in [6.07, 6.45) is 4.10. The largest absolute Gasteiger partial charge is 0.457 e. The summed E-state index contributed by atoms with van der Waals surface area (Å²) in [7, 11) is 0. The Morgan fingerprint density at radius 2 is 2.00 bits per heavy atom. The second-order valence-corrected chi connectivity index (χ2v) is 3.57. The van der Waals surface area contributed by atoms with Crippen molar-refractivity contribution in [2.45, 2.75) is 0 Å². The van der Waals surface area contributed by atoms with Gasteiger partial charge in [0.05, 0.1) is 0 Å². The van der Waals surface area contributed by atoms with Crippen LogP contribution in [0.3, 0.4) is 0 Å². The highest BCUT2D eigenvalue weighted by atomic mass is 32.2. The summed E-state index contributed by atoms with van der Waals surface area (Å²) in [5.74, 6) is 2.85. The molecular formula is C11H10OS. The van der Waals surface area contributed by atoms with E-state index in [4.69, 9.17) is 4.74 Å². The van der Waals surface area contributed by atoms with E-state index in [-0.39, 0.29) is 0 Å². The van der Waals surface area contributed by atoms with Crippen LogP contribution in [0.4, 0.5) is 0 Å². The number of ether oxygens (including phenoxy) is 1. The van der Waals surface area contributed by atoms with Crippen LogP contribution in [0.5, 0.6) is 5.75 Å². The SMILES string of the molecule is C1=CC(Oc2ccccc2)=CSC1. The number of thioether (sulfide) groups is 1. The molecule has 2 heteroatoms. The predicted molar refractivity (Wildman–Crippen MR) is 56.8 cm³/mol. The average Bonchev–Trinajstić information content (AvgIpc) is 2.21. The van der Waals surface area contributed by atoms with Gasteiger partial charge in [-0.3, -0.25) is 0 Å². The third-order valence-electron chi connectivity index (χ3n) is 1.65. The highest BCUT2D eigenvalue weighted by molar-refractivity contribution is 8.02. The highest BCUT2D eigenvalue weighted by Gasteiger charge is 1.99. The molecule has 0 saturated carbocycles. The molecule has 0 spiro atoms. The van der Waals surface area contributed by atoms with Crippen molar-refractivity contribution in [1.29, 1.82) is 0 Å². The molecule has 0 atom stereocenters. The number of allylic oxidation sites excluding steroid dienone is 1. The van der Waals surface area contributed by atoms with Crippen LogP contribution < -0.4 is 4.74 Å². The van der Waals surface area contributed by atoms with E-state index in [0.29, 0.717) is 0 Å². The molecule has 1 nitrogen and oxygen atoms in total. The molecule has 0 aromatic heterocycles. The van der Waals surface area contributed by atoms with Gasteiger partial charge in [-0.2, -0.15) is 0 Å². The van der Waals surface area contributed by atoms with Crippen LogP contribution >= 0.6 is 11.8 Å². The smallest absolute Gasteiger partial charge is 0.133 e. The molecule has 0 fully saturated rings. The molecule has 0 unspecified atom stereocenters. The summed E-state index contributed by atoms with van der Waals surface area (Å²) < 4.78 is 5.61. The minimum absolute atomic E-state index is 0.890. The van der Waals surface area contributed by atoms with Crippen molar-refractivity contribution in [3.05, 3.63) is 53.7 Å². The Hall–Kier alpha value is -1.15. The van der Waals surface area contributed by atoms with Gasteiger partial charge in [0.15, 0.2) is 0 Å². The number of hydrogen-bond donors (Lipinski definition) is 0. The first kappa shape index (κ1) is 8.45. The molecule has 0 amide bonds. The fourth-order valence-electron chi connectivity index (χ4n) is 1.07. The summed E-state index contributed by atoms with van der Waals surface area (Å²) >= 11 is 1.75. The molecule has 0 radical (unpaired) electrons. The molecule has 1 heterocycles. The number of benzene rings is 1. The number of hydrogen-bond acceptors (Lipinski definition) is 2. The van der Waals surface area contributed by atoms with Gasteiger partial charge in [0.25, 0.3) is 0 Å². The second-order valence-electron chi connectivity index (χ2n) is 2.67. The molecular weight excluding hydrogens is 180 g/mol. The Morgan fingerprint density at radius 3 is 2.69 bits per heavy atom. The molecule has 1 aromatic rings. The fraction of sp³-hybridized carbons (Fsp3) is 0.0909. The molecule has 1 aromatic carbocycles. The molecule has 0 saturated heterocycles. The van der Waals surface area contributed by atoms with E-state index in [9.17, 15) is 0 Å². The van der Waals surface area contributed by atoms with Gasteiger partial charge in [-0.1, -0.05) is 24.3 Å². The van der Waals surface area contributed by atoms with E-state index >= 15 is 0 Å². The Bertz CT molecular complexity index is 327. The molecule has 1 aliphatic heterocycles. The van der Waals surface area contributed by atoms with Crippen LogP contribution in [-0.2, 0) is 0 Å². The number of rotatable bonds is 2. The van der Waals surface area contributed by atoms with Gasteiger partial charge in [0.1, 0.15) is 11.5 Å². The predicted octanol–water partition coefficient (Wildman–Crippen LogP) is 3.21. The normalized spacial score (nSPS) is 15.2. The molecule has 1 aliphatic rings. The van der Waals surface area contributed by atoms with Crippen molar-refractivity contribution in [2.75, 3.05) is 5.75 Å². The van der Waals surface area contributed by atoms with E-state index in [2.05, 4.69) is 6.08 Å². The van der Waals surface area contributed by atoms with Gasteiger partial charge in [-0.25, -0.2) is 0 Å². The van der Waals surface area contributed by atoms with Crippen molar-refractivity contribution in [2.24, 2.45) is 0 Å². The molecule has 0 N–H and O–H groups in total. The minimum atomic E-state index is 0.890. The Kier molecular flexibility index (Phi) is 2.72. The summed E-state index contributed by atoms with van der Waals surface area (Å²) in [5, 5.41) is 2.03. The zero-order valence-electron chi connectivity index (χ0n) is 7.14. The van der Waals surface area contributed by atoms with Gasteiger partial charge in [-0.05, 0) is 18.2 Å². The third-order valence-corrected chi connectivity index (χ3v) is 2.44. The fourth-order valence-corrected chi connectivity index (χ4v) is 1.67. The first-order valence-corrected chi connectivity index (χ1v) is 5.21. The molecule has 2 rings (SSSR count). The van der Waals surface area contributed by atoms with Crippen molar-refractivity contribution in [3.63, 3.8) is 0 Å². The first-order valence-electron chi connectivity index (χ1n) is 4.16. The molecule has 0 bridgehead atoms. The zero-order valence-corrected chi connectivity index (χ0v) is 7.96. The zero-order chi connectivity index (χ0) is 8.93. The first-order chi connectivity index (χ1) is 6.45. The van der Waals surface area contributed by atoms with Crippen LogP contribution in [0, 0.1) is 0 Å². The van der Waals surface area contributed by atoms with Crippen LogP contribution in [0.2, 0.25) is 0 Å². The van der Waals surface area contributed by atoms with E-state index in [1.807, 2.05) is 41.8 Å². The summed E-state index contributed by atoms with van der Waals surface area (Å²) in [6.45, 7) is 0. The van der Waals surface area contributed by atoms with Crippen LogP contribution in [0.1, 0.15) is 0 Å². The summed E-state index contributed by atoms with van der Waals surface area (Å²) in [5.41, 5.74) is 0.